The number of benzene rings is 1. The van der Waals surface area contributed by atoms with Crippen LogP contribution in [0.4, 0.5) is 5.69 Å². The van der Waals surface area contributed by atoms with Gasteiger partial charge in [0.25, 0.3) is 0 Å². The zero-order chi connectivity index (χ0) is 14.5. The van der Waals surface area contributed by atoms with E-state index in [4.69, 9.17) is 0 Å². The van der Waals surface area contributed by atoms with Crippen molar-refractivity contribution in [3.8, 4) is 0 Å². The number of hydrogen-bond acceptors (Lipinski definition) is 2. The molecule has 20 heavy (non-hydrogen) atoms. The van der Waals surface area contributed by atoms with Crippen molar-refractivity contribution in [2.24, 2.45) is 5.92 Å². The minimum absolute atomic E-state index is 0.00128. The van der Waals surface area contributed by atoms with Gasteiger partial charge < -0.3 is 10.6 Å². The molecule has 2 N–H and O–H groups in total. The molecule has 0 heterocycles. The van der Waals surface area contributed by atoms with Crippen molar-refractivity contribution < 1.29 is 9.59 Å². The molecule has 4 nitrogen and oxygen atoms in total. The van der Waals surface area contributed by atoms with E-state index in [1.165, 1.54) is 0 Å². The van der Waals surface area contributed by atoms with Crippen LogP contribution in [0.1, 0.15) is 31.7 Å². The second-order valence-corrected chi connectivity index (χ2v) is 6.16. The highest BCUT2D eigenvalue weighted by Gasteiger charge is 2.29. The highest BCUT2D eigenvalue weighted by molar-refractivity contribution is 9.10. The summed E-state index contributed by atoms with van der Waals surface area (Å²) >= 11 is 3.31. The van der Waals surface area contributed by atoms with Crippen LogP contribution in [0.5, 0.6) is 0 Å². The van der Waals surface area contributed by atoms with Crippen LogP contribution in [-0.2, 0) is 16.1 Å². The summed E-state index contributed by atoms with van der Waals surface area (Å²) < 4.78 is 0. The predicted octanol–water partition coefficient (Wildman–Crippen LogP) is 2.82. The van der Waals surface area contributed by atoms with Crippen molar-refractivity contribution in [3.63, 3.8) is 0 Å². The van der Waals surface area contributed by atoms with Crippen LogP contribution in [0.25, 0.3) is 0 Å². The van der Waals surface area contributed by atoms with E-state index in [0.717, 1.165) is 30.5 Å². The van der Waals surface area contributed by atoms with Crippen molar-refractivity contribution in [3.05, 3.63) is 29.8 Å². The fourth-order valence-corrected chi connectivity index (χ4v) is 1.94. The van der Waals surface area contributed by atoms with Crippen molar-refractivity contribution in [1.29, 1.82) is 0 Å². The summed E-state index contributed by atoms with van der Waals surface area (Å²) in [5, 5.41) is 5.75. The molecule has 1 aliphatic rings. The number of amides is 2. The van der Waals surface area contributed by atoms with Crippen LogP contribution < -0.4 is 10.6 Å². The third-order valence-electron chi connectivity index (χ3n) is 3.28. The molecule has 1 aromatic carbocycles. The maximum Gasteiger partial charge on any atom is 0.234 e. The Morgan fingerprint density at radius 1 is 1.30 bits per heavy atom. The Morgan fingerprint density at radius 2 is 1.95 bits per heavy atom. The van der Waals surface area contributed by atoms with Crippen LogP contribution in [0.15, 0.2) is 24.3 Å². The molecule has 1 aliphatic carbocycles. The molecule has 1 saturated carbocycles. The number of carbonyl (C=O) groups excluding carboxylic acids is 2. The van der Waals surface area contributed by atoms with E-state index in [2.05, 4.69) is 26.6 Å². The fraction of sp³-hybridized carbons (Fsp3) is 0.467. The third-order valence-corrected chi connectivity index (χ3v) is 4.34. The number of alkyl halides is 1. The van der Waals surface area contributed by atoms with Crippen molar-refractivity contribution >= 4 is 33.4 Å². The number of anilines is 1. The molecular formula is C15H19BrN2O2. The van der Waals surface area contributed by atoms with Gasteiger partial charge >= 0.3 is 0 Å². The fourth-order valence-electron chi connectivity index (χ4n) is 1.78. The monoisotopic (exact) mass is 338 g/mol. The molecular weight excluding hydrogens is 320 g/mol. The smallest absolute Gasteiger partial charge is 0.234 e. The van der Waals surface area contributed by atoms with Gasteiger partial charge in [-0.15, -0.1) is 0 Å². The van der Waals surface area contributed by atoms with Gasteiger partial charge in [-0.1, -0.05) is 35.0 Å². The van der Waals surface area contributed by atoms with E-state index in [0.29, 0.717) is 6.54 Å². The Morgan fingerprint density at radius 3 is 2.50 bits per heavy atom. The Kier molecular flexibility index (Phi) is 5.17. The van der Waals surface area contributed by atoms with Gasteiger partial charge in [0.15, 0.2) is 0 Å². The van der Waals surface area contributed by atoms with E-state index in [9.17, 15) is 9.59 Å². The van der Waals surface area contributed by atoms with E-state index in [1.807, 2.05) is 31.2 Å². The minimum Gasteiger partial charge on any atom is -0.351 e. The summed E-state index contributed by atoms with van der Waals surface area (Å²) in [6, 6.07) is 7.57. The van der Waals surface area contributed by atoms with Crippen molar-refractivity contribution in [2.75, 3.05) is 5.32 Å². The number of nitrogens with one attached hydrogen (secondary N) is 2. The number of hydrogen-bond donors (Lipinski definition) is 2. The first-order chi connectivity index (χ1) is 9.60. The lowest BCUT2D eigenvalue weighted by Gasteiger charge is -2.09. The predicted molar refractivity (Wildman–Crippen MR) is 82.6 cm³/mol. The van der Waals surface area contributed by atoms with Crippen molar-refractivity contribution in [1.82, 2.24) is 5.32 Å². The maximum atomic E-state index is 11.6. The lowest BCUT2D eigenvalue weighted by atomic mass is 10.2. The second-order valence-electron chi connectivity index (χ2n) is 5.05. The summed E-state index contributed by atoms with van der Waals surface area (Å²) in [7, 11) is 0. The third kappa shape index (κ3) is 4.34. The van der Waals surface area contributed by atoms with Gasteiger partial charge in [0.2, 0.25) is 11.8 Å². The summed E-state index contributed by atoms with van der Waals surface area (Å²) in [5.74, 6) is 0.314. The summed E-state index contributed by atoms with van der Waals surface area (Å²) in [6.07, 6.45) is 2.76. The lowest BCUT2D eigenvalue weighted by molar-refractivity contribution is -0.120. The van der Waals surface area contributed by atoms with Gasteiger partial charge in [-0.2, -0.15) is 0 Å². The Hall–Kier alpha value is -1.36. The van der Waals surface area contributed by atoms with Crippen LogP contribution in [0.2, 0.25) is 0 Å². The average Bonchev–Trinajstić information content (AvgIpc) is 3.30. The maximum absolute atomic E-state index is 11.6. The van der Waals surface area contributed by atoms with Gasteiger partial charge in [-0.25, -0.2) is 0 Å². The molecule has 0 radical (unpaired) electrons. The molecule has 0 aromatic heterocycles. The van der Waals surface area contributed by atoms with E-state index < -0.39 is 0 Å². The second kappa shape index (κ2) is 6.88. The summed E-state index contributed by atoms with van der Waals surface area (Å²) in [5.41, 5.74) is 1.82. The SMILES string of the molecule is CCC(Br)C(=O)NCc1ccc(NC(=O)C2CC2)cc1. The van der Waals surface area contributed by atoms with Crippen LogP contribution in [0.3, 0.4) is 0 Å². The van der Waals surface area contributed by atoms with Gasteiger partial charge in [0.05, 0.1) is 4.83 Å². The van der Waals surface area contributed by atoms with E-state index >= 15 is 0 Å². The molecule has 1 atom stereocenters. The van der Waals surface area contributed by atoms with Crippen LogP contribution >= 0.6 is 15.9 Å². The van der Waals surface area contributed by atoms with E-state index in [1.54, 1.807) is 0 Å². The first-order valence-corrected chi connectivity index (χ1v) is 7.83. The highest BCUT2D eigenvalue weighted by Crippen LogP contribution is 2.30. The topological polar surface area (TPSA) is 58.2 Å². The standard InChI is InChI=1S/C15H19BrN2O2/c1-2-13(16)15(20)17-9-10-3-7-12(8-4-10)18-14(19)11-5-6-11/h3-4,7-8,11,13H,2,5-6,9H2,1H3,(H,17,20)(H,18,19). The largest absolute Gasteiger partial charge is 0.351 e. The molecule has 0 saturated heterocycles. The number of carbonyl (C=O) groups is 2. The highest BCUT2D eigenvalue weighted by atomic mass is 79.9. The van der Waals surface area contributed by atoms with Gasteiger partial charge in [0, 0.05) is 18.2 Å². The molecule has 0 spiro atoms. The van der Waals surface area contributed by atoms with E-state index in [-0.39, 0.29) is 22.6 Å². The molecule has 2 rings (SSSR count). The Balaban J connectivity index is 1.81. The van der Waals surface area contributed by atoms with Crippen molar-refractivity contribution in [2.45, 2.75) is 37.6 Å². The van der Waals surface area contributed by atoms with Gasteiger partial charge in [-0.05, 0) is 37.0 Å². The molecule has 0 aliphatic heterocycles. The molecule has 0 bridgehead atoms. The summed E-state index contributed by atoms with van der Waals surface area (Å²) in [4.78, 5) is 23.1. The molecule has 1 aromatic rings. The quantitative estimate of drug-likeness (QED) is 0.783. The molecule has 1 fully saturated rings. The zero-order valence-electron chi connectivity index (χ0n) is 11.5. The Labute approximate surface area is 127 Å². The summed E-state index contributed by atoms with van der Waals surface area (Å²) in [6.45, 7) is 2.45. The first kappa shape index (κ1) is 15.0. The van der Waals surface area contributed by atoms with Crippen LogP contribution in [-0.4, -0.2) is 16.6 Å². The average molecular weight is 339 g/mol. The molecule has 5 heteroatoms. The molecule has 1 unspecified atom stereocenters. The normalized spacial score (nSPS) is 15.5. The van der Waals surface area contributed by atoms with Gasteiger partial charge in [-0.3, -0.25) is 9.59 Å². The first-order valence-electron chi connectivity index (χ1n) is 6.91. The van der Waals surface area contributed by atoms with Gasteiger partial charge in [0.1, 0.15) is 0 Å². The van der Waals surface area contributed by atoms with Crippen LogP contribution in [0, 0.1) is 5.92 Å². The number of rotatable bonds is 6. The minimum atomic E-state index is -0.139. The zero-order valence-corrected chi connectivity index (χ0v) is 13.1. The molecule has 2 amide bonds. The molecule has 108 valence electrons. The number of halogens is 1. The lowest BCUT2D eigenvalue weighted by Crippen LogP contribution is -2.30. The Bertz CT molecular complexity index is 483.